The summed E-state index contributed by atoms with van der Waals surface area (Å²) < 4.78 is 11.7. The predicted octanol–water partition coefficient (Wildman–Crippen LogP) is 1.89. The molecular weight excluding hydrogens is 200 g/mol. The van der Waals surface area contributed by atoms with Crippen molar-refractivity contribution in [3.05, 3.63) is 0 Å². The summed E-state index contributed by atoms with van der Waals surface area (Å²) in [6.07, 6.45) is 0.986. The van der Waals surface area contributed by atoms with Crippen LogP contribution >= 0.6 is 0 Å². The summed E-state index contributed by atoms with van der Waals surface area (Å²) in [6.45, 7) is 7.45. The van der Waals surface area contributed by atoms with Gasteiger partial charge in [-0.25, -0.2) is 0 Å². The molecule has 0 rings (SSSR count). The first-order chi connectivity index (χ1) is 6.40. The molecule has 3 nitrogen and oxygen atoms in total. The SMILES string of the molecule is CCC(C)CS(=O)C(C)C(C)C(=O)O. The lowest BCUT2D eigenvalue weighted by atomic mass is 10.1. The Balaban J connectivity index is 4.18. The zero-order valence-electron chi connectivity index (χ0n) is 9.32. The van der Waals surface area contributed by atoms with Crippen molar-refractivity contribution >= 4 is 16.8 Å². The Morgan fingerprint density at radius 3 is 2.21 bits per heavy atom. The van der Waals surface area contributed by atoms with E-state index in [1.54, 1.807) is 13.8 Å². The lowest BCUT2D eigenvalue weighted by Crippen LogP contribution is -2.29. The summed E-state index contributed by atoms with van der Waals surface area (Å²) in [5, 5.41) is 8.50. The average Bonchev–Trinajstić information content (AvgIpc) is 2.14. The topological polar surface area (TPSA) is 54.4 Å². The van der Waals surface area contributed by atoms with Crippen molar-refractivity contribution in [2.24, 2.45) is 11.8 Å². The zero-order valence-corrected chi connectivity index (χ0v) is 10.1. The standard InChI is InChI=1S/C10H20O3S/c1-5-7(2)6-14(13)9(4)8(3)10(11)12/h7-9H,5-6H2,1-4H3,(H,11,12). The molecule has 0 radical (unpaired) electrons. The fraction of sp³-hybridized carbons (Fsp3) is 0.900. The lowest BCUT2D eigenvalue weighted by Gasteiger charge is -2.17. The molecule has 0 spiro atoms. The van der Waals surface area contributed by atoms with Crippen LogP contribution in [-0.2, 0) is 15.6 Å². The Kier molecular flexibility index (Phi) is 6.00. The predicted molar refractivity (Wildman–Crippen MR) is 58.7 cm³/mol. The van der Waals surface area contributed by atoms with E-state index in [4.69, 9.17) is 5.11 Å². The molecule has 0 aromatic carbocycles. The van der Waals surface area contributed by atoms with Crippen molar-refractivity contribution in [1.29, 1.82) is 0 Å². The highest BCUT2D eigenvalue weighted by Gasteiger charge is 2.25. The minimum Gasteiger partial charge on any atom is -0.481 e. The third kappa shape index (κ3) is 4.22. The first-order valence-electron chi connectivity index (χ1n) is 5.00. The van der Waals surface area contributed by atoms with Crippen molar-refractivity contribution in [3.8, 4) is 0 Å². The molecule has 0 bridgehead atoms. The Morgan fingerprint density at radius 2 is 1.86 bits per heavy atom. The summed E-state index contributed by atoms with van der Waals surface area (Å²) >= 11 is 0. The summed E-state index contributed by atoms with van der Waals surface area (Å²) in [5.41, 5.74) is 0. The molecule has 0 saturated heterocycles. The highest BCUT2D eigenvalue weighted by Crippen LogP contribution is 2.13. The maximum atomic E-state index is 11.7. The van der Waals surface area contributed by atoms with Crippen LogP contribution in [0, 0.1) is 11.8 Å². The fourth-order valence-corrected chi connectivity index (χ4v) is 2.65. The van der Waals surface area contributed by atoms with E-state index in [1.165, 1.54) is 0 Å². The molecule has 0 aliphatic carbocycles. The van der Waals surface area contributed by atoms with E-state index in [0.717, 1.165) is 6.42 Å². The highest BCUT2D eigenvalue weighted by atomic mass is 32.2. The van der Waals surface area contributed by atoms with Crippen molar-refractivity contribution in [3.63, 3.8) is 0 Å². The first kappa shape index (κ1) is 13.6. The zero-order chi connectivity index (χ0) is 11.3. The van der Waals surface area contributed by atoms with Gasteiger partial charge >= 0.3 is 5.97 Å². The number of carboxylic acids is 1. The van der Waals surface area contributed by atoms with Crippen molar-refractivity contribution in [1.82, 2.24) is 0 Å². The third-order valence-electron chi connectivity index (χ3n) is 2.65. The minimum atomic E-state index is -1.03. The fourth-order valence-electron chi connectivity index (χ4n) is 0.979. The van der Waals surface area contributed by atoms with Gasteiger partial charge in [0.25, 0.3) is 0 Å². The Hall–Kier alpha value is -0.380. The molecule has 0 heterocycles. The van der Waals surface area contributed by atoms with E-state index in [-0.39, 0.29) is 5.25 Å². The number of rotatable bonds is 6. The van der Waals surface area contributed by atoms with Gasteiger partial charge in [0.15, 0.2) is 0 Å². The average molecular weight is 220 g/mol. The van der Waals surface area contributed by atoms with Crippen LogP contribution in [0.4, 0.5) is 0 Å². The van der Waals surface area contributed by atoms with E-state index in [1.807, 2.05) is 13.8 Å². The van der Waals surface area contributed by atoms with Crippen LogP contribution in [0.15, 0.2) is 0 Å². The van der Waals surface area contributed by atoms with Gasteiger partial charge in [-0.3, -0.25) is 9.00 Å². The van der Waals surface area contributed by atoms with Crippen LogP contribution < -0.4 is 0 Å². The van der Waals surface area contributed by atoms with E-state index in [9.17, 15) is 9.00 Å². The van der Waals surface area contributed by atoms with Crippen LogP contribution in [0.25, 0.3) is 0 Å². The second kappa shape index (κ2) is 6.17. The van der Waals surface area contributed by atoms with Gasteiger partial charge in [-0.05, 0) is 12.8 Å². The Morgan fingerprint density at radius 1 is 1.36 bits per heavy atom. The minimum absolute atomic E-state index is 0.263. The van der Waals surface area contributed by atoms with Gasteiger partial charge in [0.05, 0.1) is 5.92 Å². The molecular formula is C10H20O3S. The molecule has 0 aliphatic heterocycles. The maximum absolute atomic E-state index is 11.7. The largest absolute Gasteiger partial charge is 0.481 e. The quantitative estimate of drug-likeness (QED) is 0.743. The summed E-state index contributed by atoms with van der Waals surface area (Å²) in [5.74, 6) is -0.385. The van der Waals surface area contributed by atoms with E-state index < -0.39 is 22.7 Å². The number of aliphatic carboxylic acids is 1. The van der Waals surface area contributed by atoms with Gasteiger partial charge in [0.2, 0.25) is 0 Å². The molecule has 0 aromatic heterocycles. The summed E-state index contributed by atoms with van der Waals surface area (Å²) in [4.78, 5) is 10.7. The van der Waals surface area contributed by atoms with Crippen LogP contribution in [0.2, 0.25) is 0 Å². The number of carboxylic acid groups (broad SMARTS) is 1. The van der Waals surface area contributed by atoms with Gasteiger partial charge in [-0.15, -0.1) is 0 Å². The van der Waals surface area contributed by atoms with Crippen LogP contribution in [-0.4, -0.2) is 26.3 Å². The Bertz CT molecular complexity index is 215. The molecule has 14 heavy (non-hydrogen) atoms. The molecule has 0 amide bonds. The molecule has 0 fully saturated rings. The number of hydrogen-bond acceptors (Lipinski definition) is 2. The molecule has 1 N–H and O–H groups in total. The molecule has 4 heteroatoms. The molecule has 0 aromatic rings. The van der Waals surface area contributed by atoms with Crippen LogP contribution in [0.3, 0.4) is 0 Å². The van der Waals surface area contributed by atoms with Crippen molar-refractivity contribution in [2.45, 2.75) is 39.4 Å². The second-order valence-electron chi connectivity index (χ2n) is 3.89. The Labute approximate surface area is 88.4 Å². The van der Waals surface area contributed by atoms with Crippen molar-refractivity contribution in [2.75, 3.05) is 5.75 Å². The second-order valence-corrected chi connectivity index (χ2v) is 5.73. The van der Waals surface area contributed by atoms with E-state index in [0.29, 0.717) is 11.7 Å². The molecule has 4 atom stereocenters. The van der Waals surface area contributed by atoms with E-state index >= 15 is 0 Å². The first-order valence-corrected chi connectivity index (χ1v) is 6.38. The molecule has 0 aliphatic rings. The molecule has 84 valence electrons. The monoisotopic (exact) mass is 220 g/mol. The van der Waals surface area contributed by atoms with E-state index in [2.05, 4.69) is 0 Å². The van der Waals surface area contributed by atoms with Crippen LogP contribution in [0.1, 0.15) is 34.1 Å². The van der Waals surface area contributed by atoms with Gasteiger partial charge < -0.3 is 5.11 Å². The highest BCUT2D eigenvalue weighted by molar-refractivity contribution is 7.85. The molecule has 0 saturated carbocycles. The lowest BCUT2D eigenvalue weighted by molar-refractivity contribution is -0.141. The van der Waals surface area contributed by atoms with Gasteiger partial charge in [0.1, 0.15) is 0 Å². The molecule has 4 unspecified atom stereocenters. The maximum Gasteiger partial charge on any atom is 0.307 e. The summed E-state index contributed by atoms with van der Waals surface area (Å²) in [6, 6.07) is 0. The number of hydrogen-bond donors (Lipinski definition) is 1. The normalized spacial score (nSPS) is 19.7. The number of carbonyl (C=O) groups is 1. The van der Waals surface area contributed by atoms with Gasteiger partial charge in [0, 0.05) is 21.8 Å². The van der Waals surface area contributed by atoms with Gasteiger partial charge in [-0.2, -0.15) is 0 Å². The van der Waals surface area contributed by atoms with Gasteiger partial charge in [-0.1, -0.05) is 27.2 Å². The van der Waals surface area contributed by atoms with Crippen LogP contribution in [0.5, 0.6) is 0 Å². The third-order valence-corrected chi connectivity index (χ3v) is 4.79. The smallest absolute Gasteiger partial charge is 0.307 e. The van der Waals surface area contributed by atoms with Crippen molar-refractivity contribution < 1.29 is 14.1 Å². The summed E-state index contributed by atoms with van der Waals surface area (Å²) in [7, 11) is -1.03.